The van der Waals surface area contributed by atoms with Crippen LogP contribution in [-0.4, -0.2) is 10.8 Å². The van der Waals surface area contributed by atoms with Gasteiger partial charge in [-0.25, -0.2) is 0 Å². The van der Waals surface area contributed by atoms with Gasteiger partial charge in [0.25, 0.3) is 0 Å². The number of rotatable bonds is 4. The molecule has 0 radical (unpaired) electrons. The highest BCUT2D eigenvalue weighted by molar-refractivity contribution is 5.95. The Morgan fingerprint density at radius 3 is 3.00 bits per heavy atom. The molecule has 14 heavy (non-hydrogen) atoms. The number of nitrogens with zero attached hydrogens (tertiary/aromatic N) is 1. The molecule has 1 aliphatic rings. The fourth-order valence-electron chi connectivity index (χ4n) is 1.64. The van der Waals surface area contributed by atoms with E-state index >= 15 is 0 Å². The first-order valence-electron chi connectivity index (χ1n) is 5.22. The summed E-state index contributed by atoms with van der Waals surface area (Å²) in [6.45, 7) is 1.94. The standard InChI is InChI=1S/C12H15NO/c1-9-3-2-8-13-12(9)11(14)7-6-10-4-5-10/h2-3,8,10H,4-7H2,1H3. The van der Waals surface area contributed by atoms with E-state index in [-0.39, 0.29) is 5.78 Å². The maximum absolute atomic E-state index is 11.7. The highest BCUT2D eigenvalue weighted by atomic mass is 16.1. The third-order valence-corrected chi connectivity index (χ3v) is 2.75. The van der Waals surface area contributed by atoms with Crippen molar-refractivity contribution in [2.45, 2.75) is 32.6 Å². The lowest BCUT2D eigenvalue weighted by Gasteiger charge is -2.02. The lowest BCUT2D eigenvalue weighted by molar-refractivity contribution is 0.0972. The molecule has 2 nitrogen and oxygen atoms in total. The van der Waals surface area contributed by atoms with Crippen molar-refractivity contribution in [1.82, 2.24) is 4.98 Å². The molecule has 0 amide bonds. The van der Waals surface area contributed by atoms with Gasteiger partial charge >= 0.3 is 0 Å². The summed E-state index contributed by atoms with van der Waals surface area (Å²) in [5, 5.41) is 0. The SMILES string of the molecule is Cc1cccnc1C(=O)CCC1CC1. The second-order valence-corrected chi connectivity index (χ2v) is 4.07. The minimum atomic E-state index is 0.204. The van der Waals surface area contributed by atoms with Crippen LogP contribution in [0.3, 0.4) is 0 Å². The van der Waals surface area contributed by atoms with Crippen molar-refractivity contribution in [2.24, 2.45) is 5.92 Å². The van der Waals surface area contributed by atoms with Crippen LogP contribution in [0.15, 0.2) is 18.3 Å². The van der Waals surface area contributed by atoms with Crippen LogP contribution in [0.1, 0.15) is 41.7 Å². The van der Waals surface area contributed by atoms with Gasteiger partial charge < -0.3 is 0 Å². The van der Waals surface area contributed by atoms with Crippen LogP contribution in [-0.2, 0) is 0 Å². The zero-order chi connectivity index (χ0) is 9.97. The van der Waals surface area contributed by atoms with Crippen LogP contribution in [0.25, 0.3) is 0 Å². The van der Waals surface area contributed by atoms with Crippen molar-refractivity contribution in [1.29, 1.82) is 0 Å². The first-order valence-corrected chi connectivity index (χ1v) is 5.22. The van der Waals surface area contributed by atoms with E-state index in [0.717, 1.165) is 17.9 Å². The van der Waals surface area contributed by atoms with Crippen LogP contribution in [0.2, 0.25) is 0 Å². The Morgan fingerprint density at radius 1 is 1.57 bits per heavy atom. The van der Waals surface area contributed by atoms with Crippen molar-refractivity contribution in [3.05, 3.63) is 29.6 Å². The molecular weight excluding hydrogens is 174 g/mol. The minimum absolute atomic E-state index is 0.204. The molecule has 0 saturated heterocycles. The van der Waals surface area contributed by atoms with E-state index in [0.29, 0.717) is 12.1 Å². The second-order valence-electron chi connectivity index (χ2n) is 4.07. The molecule has 1 heterocycles. The lowest BCUT2D eigenvalue weighted by atomic mass is 10.1. The summed E-state index contributed by atoms with van der Waals surface area (Å²) >= 11 is 0. The van der Waals surface area contributed by atoms with E-state index in [1.165, 1.54) is 12.8 Å². The molecule has 0 spiro atoms. The molecule has 0 atom stereocenters. The van der Waals surface area contributed by atoms with Gasteiger partial charge in [0.05, 0.1) is 0 Å². The summed E-state index contributed by atoms with van der Waals surface area (Å²) in [7, 11) is 0. The van der Waals surface area contributed by atoms with Gasteiger partial charge in [-0.1, -0.05) is 18.9 Å². The lowest BCUT2D eigenvalue weighted by Crippen LogP contribution is -2.04. The van der Waals surface area contributed by atoms with E-state index < -0.39 is 0 Å². The van der Waals surface area contributed by atoms with Gasteiger partial charge in [-0.2, -0.15) is 0 Å². The van der Waals surface area contributed by atoms with E-state index in [1.54, 1.807) is 6.20 Å². The summed E-state index contributed by atoms with van der Waals surface area (Å²) in [4.78, 5) is 15.9. The van der Waals surface area contributed by atoms with Gasteiger partial charge in [0.1, 0.15) is 5.69 Å². The Bertz CT molecular complexity index is 342. The topological polar surface area (TPSA) is 30.0 Å². The van der Waals surface area contributed by atoms with E-state index in [2.05, 4.69) is 4.98 Å². The summed E-state index contributed by atoms with van der Waals surface area (Å²) in [6.07, 6.45) is 6.04. The number of pyridine rings is 1. The predicted molar refractivity (Wildman–Crippen MR) is 55.3 cm³/mol. The first-order chi connectivity index (χ1) is 6.77. The Labute approximate surface area is 84.4 Å². The monoisotopic (exact) mass is 189 g/mol. The molecule has 1 saturated carbocycles. The smallest absolute Gasteiger partial charge is 0.181 e. The Balaban J connectivity index is 1.98. The van der Waals surface area contributed by atoms with E-state index in [1.807, 2.05) is 19.1 Å². The summed E-state index contributed by atoms with van der Waals surface area (Å²) in [6, 6.07) is 3.81. The molecule has 0 aliphatic heterocycles. The molecule has 1 fully saturated rings. The minimum Gasteiger partial charge on any atom is -0.292 e. The maximum Gasteiger partial charge on any atom is 0.181 e. The Kier molecular flexibility index (Phi) is 2.62. The number of carbonyl (C=O) groups excluding carboxylic acids is 1. The zero-order valence-corrected chi connectivity index (χ0v) is 8.49. The Hall–Kier alpha value is -1.18. The third kappa shape index (κ3) is 2.19. The van der Waals surface area contributed by atoms with Crippen LogP contribution in [0, 0.1) is 12.8 Å². The largest absolute Gasteiger partial charge is 0.292 e. The molecule has 2 rings (SSSR count). The van der Waals surface area contributed by atoms with E-state index in [9.17, 15) is 4.79 Å². The average molecular weight is 189 g/mol. The fraction of sp³-hybridized carbons (Fsp3) is 0.500. The van der Waals surface area contributed by atoms with Crippen LogP contribution < -0.4 is 0 Å². The molecular formula is C12H15NO. The first kappa shape index (κ1) is 9.38. The molecule has 1 aromatic rings. The summed E-state index contributed by atoms with van der Waals surface area (Å²) in [5.74, 6) is 1.03. The fourth-order valence-corrected chi connectivity index (χ4v) is 1.64. The number of ketones is 1. The molecule has 2 heteroatoms. The van der Waals surface area contributed by atoms with Gasteiger partial charge in [-0.05, 0) is 30.9 Å². The van der Waals surface area contributed by atoms with Gasteiger partial charge in [0, 0.05) is 12.6 Å². The molecule has 1 aliphatic carbocycles. The highest BCUT2D eigenvalue weighted by Gasteiger charge is 2.22. The quantitative estimate of drug-likeness (QED) is 0.682. The molecule has 1 aromatic heterocycles. The van der Waals surface area contributed by atoms with Crippen molar-refractivity contribution < 1.29 is 4.79 Å². The normalized spacial score (nSPS) is 15.5. The number of aromatic nitrogens is 1. The van der Waals surface area contributed by atoms with Crippen LogP contribution in [0.5, 0.6) is 0 Å². The van der Waals surface area contributed by atoms with Crippen molar-refractivity contribution >= 4 is 5.78 Å². The molecule has 0 N–H and O–H groups in total. The number of aryl methyl sites for hydroxylation is 1. The van der Waals surface area contributed by atoms with Crippen molar-refractivity contribution in [3.8, 4) is 0 Å². The van der Waals surface area contributed by atoms with E-state index in [4.69, 9.17) is 0 Å². The van der Waals surface area contributed by atoms with Crippen molar-refractivity contribution in [2.75, 3.05) is 0 Å². The van der Waals surface area contributed by atoms with Crippen molar-refractivity contribution in [3.63, 3.8) is 0 Å². The van der Waals surface area contributed by atoms with Gasteiger partial charge in [-0.15, -0.1) is 0 Å². The van der Waals surface area contributed by atoms with Crippen LogP contribution in [0.4, 0.5) is 0 Å². The molecule has 0 unspecified atom stereocenters. The summed E-state index contributed by atoms with van der Waals surface area (Å²) in [5.41, 5.74) is 1.65. The molecule has 0 aromatic carbocycles. The number of carbonyl (C=O) groups is 1. The Morgan fingerprint density at radius 2 is 2.36 bits per heavy atom. The molecule has 0 bridgehead atoms. The maximum atomic E-state index is 11.7. The van der Waals surface area contributed by atoms with Gasteiger partial charge in [0.2, 0.25) is 0 Å². The second kappa shape index (κ2) is 3.91. The number of hydrogen-bond acceptors (Lipinski definition) is 2. The van der Waals surface area contributed by atoms with Crippen LogP contribution >= 0.6 is 0 Å². The highest BCUT2D eigenvalue weighted by Crippen LogP contribution is 2.33. The van der Waals surface area contributed by atoms with Gasteiger partial charge in [-0.3, -0.25) is 9.78 Å². The molecule has 74 valence electrons. The number of hydrogen-bond donors (Lipinski definition) is 0. The average Bonchev–Trinajstić information content (AvgIpc) is 2.98. The zero-order valence-electron chi connectivity index (χ0n) is 8.49. The summed E-state index contributed by atoms with van der Waals surface area (Å²) < 4.78 is 0. The third-order valence-electron chi connectivity index (χ3n) is 2.75. The predicted octanol–water partition coefficient (Wildman–Crippen LogP) is 2.76. The number of Topliss-reactive ketones (excluding diaryl/α,β-unsaturated/α-hetero) is 1. The van der Waals surface area contributed by atoms with Gasteiger partial charge in [0.15, 0.2) is 5.78 Å².